The van der Waals surface area contributed by atoms with E-state index in [9.17, 15) is 4.79 Å². The molecular weight excluding hydrogens is 340 g/mol. The quantitative estimate of drug-likeness (QED) is 0.710. The van der Waals surface area contributed by atoms with E-state index < -0.39 is 0 Å². The second kappa shape index (κ2) is 6.92. The summed E-state index contributed by atoms with van der Waals surface area (Å²) in [5.41, 5.74) is 4.54. The van der Waals surface area contributed by atoms with Gasteiger partial charge in [-0.2, -0.15) is 0 Å². The van der Waals surface area contributed by atoms with Gasteiger partial charge in [0.05, 0.1) is 6.04 Å². The molecular formula is C22H26N2OS. The Labute approximate surface area is 159 Å². The van der Waals surface area contributed by atoms with E-state index in [-0.39, 0.29) is 11.9 Å². The summed E-state index contributed by atoms with van der Waals surface area (Å²) in [6.07, 6.45) is 6.65. The normalized spacial score (nSPS) is 24.5. The lowest BCUT2D eigenvalue weighted by Crippen LogP contribution is -2.33. The standard InChI is InChI=1S/C22H26N2OS/c1-4-14(3)23-22(25)15-8-9-19-18(12-15)16-6-5-7-17(16)20(24-19)21-13(2)10-11-26-21/h5-6,8-12,14,16-17,20,24H,4,7H2,1-3H3,(H,23,25). The number of hydrogen-bond acceptors (Lipinski definition) is 3. The van der Waals surface area contributed by atoms with Crippen LogP contribution in [0.3, 0.4) is 0 Å². The van der Waals surface area contributed by atoms with Gasteiger partial charge in [0.15, 0.2) is 0 Å². The summed E-state index contributed by atoms with van der Waals surface area (Å²) in [6, 6.07) is 8.87. The van der Waals surface area contributed by atoms with Gasteiger partial charge in [0.2, 0.25) is 0 Å². The monoisotopic (exact) mass is 366 g/mol. The molecule has 4 rings (SSSR count). The van der Waals surface area contributed by atoms with Crippen LogP contribution in [0.15, 0.2) is 41.8 Å². The highest BCUT2D eigenvalue weighted by Gasteiger charge is 2.39. The molecule has 1 aliphatic heterocycles. The van der Waals surface area contributed by atoms with Crippen molar-refractivity contribution in [2.75, 3.05) is 5.32 Å². The highest BCUT2D eigenvalue weighted by Crippen LogP contribution is 2.51. The number of nitrogens with one attached hydrogen (secondary N) is 2. The van der Waals surface area contributed by atoms with E-state index in [2.05, 4.69) is 60.2 Å². The second-order valence-electron chi connectivity index (χ2n) is 7.53. The number of anilines is 1. The first-order valence-electron chi connectivity index (χ1n) is 9.50. The maximum atomic E-state index is 12.5. The largest absolute Gasteiger partial charge is 0.377 e. The fraction of sp³-hybridized carbons (Fsp3) is 0.409. The van der Waals surface area contributed by atoms with Crippen molar-refractivity contribution < 1.29 is 4.79 Å². The number of amides is 1. The summed E-state index contributed by atoms with van der Waals surface area (Å²) in [7, 11) is 0. The second-order valence-corrected chi connectivity index (χ2v) is 8.48. The van der Waals surface area contributed by atoms with E-state index in [1.54, 1.807) is 0 Å². The number of allylic oxidation sites excluding steroid dienone is 2. The van der Waals surface area contributed by atoms with Gasteiger partial charge in [-0.3, -0.25) is 4.79 Å². The Balaban J connectivity index is 1.67. The van der Waals surface area contributed by atoms with Crippen molar-refractivity contribution in [3.05, 3.63) is 63.4 Å². The van der Waals surface area contributed by atoms with Crippen LogP contribution >= 0.6 is 11.3 Å². The molecule has 3 nitrogen and oxygen atoms in total. The average molecular weight is 367 g/mol. The molecule has 2 heterocycles. The zero-order valence-corrected chi connectivity index (χ0v) is 16.4. The predicted octanol–water partition coefficient (Wildman–Crippen LogP) is 5.41. The maximum Gasteiger partial charge on any atom is 0.251 e. The minimum Gasteiger partial charge on any atom is -0.377 e. The number of carbonyl (C=O) groups is 1. The van der Waals surface area contributed by atoms with Crippen LogP contribution in [0.25, 0.3) is 0 Å². The van der Waals surface area contributed by atoms with Crippen molar-refractivity contribution >= 4 is 22.9 Å². The molecule has 0 bridgehead atoms. The molecule has 0 saturated heterocycles. The molecule has 0 spiro atoms. The molecule has 4 unspecified atom stereocenters. The van der Waals surface area contributed by atoms with E-state index >= 15 is 0 Å². The van der Waals surface area contributed by atoms with Crippen molar-refractivity contribution in [3.63, 3.8) is 0 Å². The van der Waals surface area contributed by atoms with Crippen LogP contribution in [-0.4, -0.2) is 11.9 Å². The van der Waals surface area contributed by atoms with Crippen LogP contribution < -0.4 is 10.6 Å². The van der Waals surface area contributed by atoms with E-state index in [0.29, 0.717) is 17.9 Å². The van der Waals surface area contributed by atoms with Gasteiger partial charge in [-0.15, -0.1) is 11.3 Å². The van der Waals surface area contributed by atoms with Crippen molar-refractivity contribution in [2.45, 2.75) is 51.6 Å². The van der Waals surface area contributed by atoms with Crippen LogP contribution in [0.5, 0.6) is 0 Å². The Morgan fingerprint density at radius 2 is 2.23 bits per heavy atom. The summed E-state index contributed by atoms with van der Waals surface area (Å²) >= 11 is 1.84. The van der Waals surface area contributed by atoms with Crippen molar-refractivity contribution in [2.24, 2.45) is 5.92 Å². The fourth-order valence-corrected chi connectivity index (χ4v) is 5.16. The minimum absolute atomic E-state index is 0.0249. The third kappa shape index (κ3) is 2.96. The van der Waals surface area contributed by atoms with Crippen molar-refractivity contribution in [1.82, 2.24) is 5.32 Å². The molecule has 0 saturated carbocycles. The topological polar surface area (TPSA) is 41.1 Å². The summed E-state index contributed by atoms with van der Waals surface area (Å²) < 4.78 is 0. The first-order valence-corrected chi connectivity index (χ1v) is 10.4. The van der Waals surface area contributed by atoms with E-state index in [1.807, 2.05) is 24.3 Å². The molecule has 1 aromatic carbocycles. The van der Waals surface area contributed by atoms with E-state index in [4.69, 9.17) is 0 Å². The molecule has 2 aromatic rings. The van der Waals surface area contributed by atoms with Crippen LogP contribution in [0.2, 0.25) is 0 Å². The summed E-state index contributed by atoms with van der Waals surface area (Å²) in [5, 5.41) is 9.03. The Bertz CT molecular complexity index is 854. The smallest absolute Gasteiger partial charge is 0.251 e. The molecule has 4 atom stereocenters. The Morgan fingerprint density at radius 3 is 2.96 bits per heavy atom. The lowest BCUT2D eigenvalue weighted by Gasteiger charge is -2.37. The number of hydrogen-bond donors (Lipinski definition) is 2. The first kappa shape index (κ1) is 17.3. The van der Waals surface area contributed by atoms with Gasteiger partial charge in [-0.25, -0.2) is 0 Å². The SMILES string of the molecule is CCC(C)NC(=O)c1ccc2c(c1)C1C=CCC1C(c1sccc1C)N2. The summed E-state index contributed by atoms with van der Waals surface area (Å²) in [6.45, 7) is 6.33. The Morgan fingerprint density at radius 1 is 1.38 bits per heavy atom. The fourth-order valence-electron chi connectivity index (χ4n) is 4.11. The summed E-state index contributed by atoms with van der Waals surface area (Å²) in [5.74, 6) is 0.929. The molecule has 2 aliphatic rings. The van der Waals surface area contributed by atoms with Gasteiger partial charge in [0.25, 0.3) is 5.91 Å². The third-order valence-corrected chi connectivity index (χ3v) is 6.90. The molecule has 26 heavy (non-hydrogen) atoms. The zero-order chi connectivity index (χ0) is 18.3. The zero-order valence-electron chi connectivity index (χ0n) is 15.6. The average Bonchev–Trinajstić information content (AvgIpc) is 3.29. The van der Waals surface area contributed by atoms with Crippen molar-refractivity contribution in [1.29, 1.82) is 0 Å². The highest BCUT2D eigenvalue weighted by atomic mass is 32.1. The van der Waals surface area contributed by atoms with Gasteiger partial charge in [-0.05, 0) is 73.4 Å². The molecule has 0 fully saturated rings. The van der Waals surface area contributed by atoms with Crippen LogP contribution in [0.1, 0.15) is 65.0 Å². The minimum atomic E-state index is 0.0249. The van der Waals surface area contributed by atoms with Crippen LogP contribution in [0, 0.1) is 12.8 Å². The third-order valence-electron chi connectivity index (χ3n) is 5.80. The Hall–Kier alpha value is -2.07. The first-order chi connectivity index (χ1) is 12.6. The molecule has 0 radical (unpaired) electrons. The van der Waals surface area contributed by atoms with Crippen LogP contribution in [0.4, 0.5) is 5.69 Å². The molecule has 2 N–H and O–H groups in total. The highest BCUT2D eigenvalue weighted by molar-refractivity contribution is 7.10. The number of benzene rings is 1. The summed E-state index contributed by atoms with van der Waals surface area (Å²) in [4.78, 5) is 14.0. The van der Waals surface area contributed by atoms with E-state index in [1.165, 1.54) is 16.0 Å². The number of rotatable bonds is 4. The number of fused-ring (bicyclic) bond motifs is 3. The van der Waals surface area contributed by atoms with Gasteiger partial charge in [0.1, 0.15) is 0 Å². The number of carbonyl (C=O) groups excluding carboxylic acids is 1. The lowest BCUT2D eigenvalue weighted by atomic mass is 9.78. The Kier molecular flexibility index (Phi) is 4.62. The molecule has 4 heteroatoms. The predicted molar refractivity (Wildman–Crippen MR) is 109 cm³/mol. The van der Waals surface area contributed by atoms with Gasteiger partial charge in [-0.1, -0.05) is 19.1 Å². The molecule has 1 aromatic heterocycles. The number of thiophene rings is 1. The van der Waals surface area contributed by atoms with Crippen molar-refractivity contribution in [3.8, 4) is 0 Å². The van der Waals surface area contributed by atoms with Gasteiger partial charge >= 0.3 is 0 Å². The number of aryl methyl sites for hydroxylation is 1. The maximum absolute atomic E-state index is 12.5. The van der Waals surface area contributed by atoms with Gasteiger partial charge < -0.3 is 10.6 Å². The van der Waals surface area contributed by atoms with Gasteiger partial charge in [0, 0.05) is 28.1 Å². The molecule has 1 amide bonds. The lowest BCUT2D eigenvalue weighted by molar-refractivity contribution is 0.0939. The van der Waals surface area contributed by atoms with Crippen LogP contribution in [-0.2, 0) is 0 Å². The molecule has 136 valence electrons. The molecule has 1 aliphatic carbocycles. The van der Waals surface area contributed by atoms with E-state index in [0.717, 1.165) is 24.1 Å².